The van der Waals surface area contributed by atoms with Gasteiger partial charge in [0.25, 0.3) is 0 Å². The van der Waals surface area contributed by atoms with Crippen LogP contribution in [0.15, 0.2) is 188 Å². The van der Waals surface area contributed by atoms with Crippen LogP contribution in [0.25, 0.3) is 94.8 Å². The predicted molar refractivity (Wildman–Crippen MR) is 264 cm³/mol. The van der Waals surface area contributed by atoms with Gasteiger partial charge in [0.05, 0.1) is 22.4 Å². The zero-order chi connectivity index (χ0) is 43.2. The maximum Gasteiger partial charge on any atom is 0.0973 e. The Balaban J connectivity index is 1.07. The Bertz CT molecular complexity index is 3390. The van der Waals surface area contributed by atoms with Crippen LogP contribution in [0.4, 0.5) is 0 Å². The molecule has 0 unspecified atom stereocenters. The maximum absolute atomic E-state index is 5.60. The van der Waals surface area contributed by atoms with Crippen molar-refractivity contribution < 1.29 is 0 Å². The highest BCUT2D eigenvalue weighted by Gasteiger charge is 2.38. The molecule has 0 radical (unpaired) electrons. The quantitative estimate of drug-likeness (QED) is 0.168. The highest BCUT2D eigenvalue weighted by Crippen LogP contribution is 2.53. The fourth-order valence-electron chi connectivity index (χ4n) is 10.8. The molecule has 3 aromatic heterocycles. The second kappa shape index (κ2) is 14.5. The van der Waals surface area contributed by atoms with Crippen LogP contribution in [-0.2, 0) is 10.8 Å². The summed E-state index contributed by atoms with van der Waals surface area (Å²) in [5.41, 5.74) is 25.5. The molecule has 0 amide bonds. The number of nitrogens with zero attached hydrogens (tertiary/aromatic N) is 4. The molecule has 0 bridgehead atoms. The van der Waals surface area contributed by atoms with E-state index >= 15 is 0 Å². The molecule has 0 aliphatic heterocycles. The zero-order valence-corrected chi connectivity index (χ0v) is 36.5. The summed E-state index contributed by atoms with van der Waals surface area (Å²) in [5, 5.41) is 0. The van der Waals surface area contributed by atoms with Crippen molar-refractivity contribution in [3.63, 3.8) is 0 Å². The van der Waals surface area contributed by atoms with Crippen molar-refractivity contribution in [3.8, 4) is 78.1 Å². The normalized spacial score (nSPS) is 15.2. The van der Waals surface area contributed by atoms with Crippen LogP contribution in [-0.4, -0.2) is 19.9 Å². The molecule has 0 saturated heterocycles. The molecule has 3 aliphatic carbocycles. The van der Waals surface area contributed by atoms with Gasteiger partial charge < -0.3 is 0 Å². The van der Waals surface area contributed by atoms with Gasteiger partial charge in [0, 0.05) is 46.7 Å². The fourth-order valence-corrected chi connectivity index (χ4v) is 10.8. The van der Waals surface area contributed by atoms with Crippen LogP contribution in [0.1, 0.15) is 62.8 Å². The van der Waals surface area contributed by atoms with Crippen molar-refractivity contribution in [3.05, 3.63) is 210 Å². The first-order chi connectivity index (χ1) is 31.2. The van der Waals surface area contributed by atoms with E-state index in [1.54, 1.807) is 5.57 Å². The molecule has 4 heteroatoms. The van der Waals surface area contributed by atoms with Crippen molar-refractivity contribution in [2.24, 2.45) is 0 Å². The van der Waals surface area contributed by atoms with E-state index in [0.29, 0.717) is 0 Å². The van der Waals surface area contributed by atoms with Crippen molar-refractivity contribution in [1.82, 2.24) is 19.9 Å². The highest BCUT2D eigenvalue weighted by atomic mass is 14.8. The van der Waals surface area contributed by atoms with E-state index in [0.717, 1.165) is 79.8 Å². The Morgan fingerprint density at radius 2 is 0.844 bits per heavy atom. The smallest absolute Gasteiger partial charge is 0.0973 e. The Morgan fingerprint density at radius 3 is 1.41 bits per heavy atom. The average Bonchev–Trinajstić information content (AvgIpc) is 3.72. The highest BCUT2D eigenvalue weighted by molar-refractivity contribution is 5.98. The number of rotatable bonds is 6. The lowest BCUT2D eigenvalue weighted by molar-refractivity contribution is 0.607. The number of pyridine rings is 2. The number of hydrogen-bond donors (Lipinski definition) is 0. The number of fused-ring (bicyclic) bond motifs is 6. The van der Waals surface area contributed by atoms with Gasteiger partial charge in [0.15, 0.2) is 0 Å². The largest absolute Gasteiger partial charge is 0.265 e. The first kappa shape index (κ1) is 38.1. The number of allylic oxidation sites excluding steroid dienone is 4. The van der Waals surface area contributed by atoms with Crippen LogP contribution in [0.3, 0.4) is 0 Å². The number of hydrogen-bond acceptors (Lipinski definition) is 4. The molecular formula is C60H46N4. The third-order valence-electron chi connectivity index (χ3n) is 14.3. The summed E-state index contributed by atoms with van der Waals surface area (Å²) in [5.74, 6) is 0. The summed E-state index contributed by atoms with van der Waals surface area (Å²) in [4.78, 5) is 19.7. The Labute approximate surface area is 374 Å². The van der Waals surface area contributed by atoms with Crippen molar-refractivity contribution in [1.29, 1.82) is 0 Å². The molecule has 4 nitrogen and oxygen atoms in total. The van der Waals surface area contributed by atoms with E-state index < -0.39 is 0 Å². The van der Waals surface area contributed by atoms with Crippen LogP contribution in [0, 0.1) is 0 Å². The minimum absolute atomic E-state index is 0.0525. The molecule has 64 heavy (non-hydrogen) atoms. The summed E-state index contributed by atoms with van der Waals surface area (Å²) >= 11 is 0. The molecule has 0 fully saturated rings. The SMILES string of the molecule is CC1(C)C2=C(C=CCC2)c2ccc(-c3cc4nc(-c5ccc(-c6ccncc6)cc5)c(-c5ccc(-c6ccncc6)cc5)nc4cc3-c3ccc4c(c3)C(C)(C)c3ccccc3-4)cc21. The van der Waals surface area contributed by atoms with E-state index in [4.69, 9.17) is 9.97 Å². The molecule has 0 atom stereocenters. The van der Waals surface area contributed by atoms with Crippen LogP contribution in [0.2, 0.25) is 0 Å². The van der Waals surface area contributed by atoms with Gasteiger partial charge in [-0.2, -0.15) is 0 Å². The molecular weight excluding hydrogens is 777 g/mol. The van der Waals surface area contributed by atoms with Crippen LogP contribution in [0.5, 0.6) is 0 Å². The molecule has 0 saturated carbocycles. The standard InChI is InChI=1S/C60H46N4/c1-59(2)51-11-7-5-9-45(51)47-23-21-43(33-53(47)59)49-35-55-56(36-50(49)44-22-24-48-46-10-6-8-12-52(46)60(3,4)54(48)34-44)64-58(42-19-15-38(16-20-42)40-27-31-62-32-28-40)57(63-55)41-17-13-37(14-18-41)39-25-29-61-30-26-39/h5-7,9-11,13-36H,8,12H2,1-4H3. The van der Waals surface area contributed by atoms with Gasteiger partial charge in [-0.25, -0.2) is 9.97 Å². The van der Waals surface area contributed by atoms with E-state index in [1.807, 2.05) is 49.1 Å². The molecule has 3 aliphatic rings. The molecule has 0 spiro atoms. The van der Waals surface area contributed by atoms with E-state index in [1.165, 1.54) is 50.1 Å². The third-order valence-corrected chi connectivity index (χ3v) is 14.3. The van der Waals surface area contributed by atoms with Gasteiger partial charge >= 0.3 is 0 Å². The lowest BCUT2D eigenvalue weighted by Gasteiger charge is -2.26. The first-order valence-corrected chi connectivity index (χ1v) is 22.4. The lowest BCUT2D eigenvalue weighted by atomic mass is 9.78. The summed E-state index contributed by atoms with van der Waals surface area (Å²) in [7, 11) is 0. The lowest BCUT2D eigenvalue weighted by Crippen LogP contribution is -2.17. The molecule has 0 N–H and O–H groups in total. The van der Waals surface area contributed by atoms with Crippen LogP contribution >= 0.6 is 0 Å². The summed E-state index contributed by atoms with van der Waals surface area (Å²) < 4.78 is 0. The van der Waals surface area contributed by atoms with Crippen molar-refractivity contribution in [2.75, 3.05) is 0 Å². The monoisotopic (exact) mass is 822 g/mol. The maximum atomic E-state index is 5.60. The molecule has 3 heterocycles. The third kappa shape index (κ3) is 6.04. The summed E-state index contributed by atoms with van der Waals surface area (Å²) in [6, 6.07) is 53.3. The average molecular weight is 823 g/mol. The van der Waals surface area contributed by atoms with Crippen molar-refractivity contribution >= 4 is 16.6 Å². The van der Waals surface area contributed by atoms with Gasteiger partial charge in [-0.1, -0.05) is 142 Å². The Morgan fingerprint density at radius 1 is 0.391 bits per heavy atom. The molecule has 6 aromatic carbocycles. The molecule has 9 aromatic rings. The topological polar surface area (TPSA) is 51.6 Å². The second-order valence-corrected chi connectivity index (χ2v) is 18.6. The summed E-state index contributed by atoms with van der Waals surface area (Å²) in [6.45, 7) is 9.53. The van der Waals surface area contributed by atoms with Gasteiger partial charge in [0.1, 0.15) is 0 Å². The number of benzene rings is 6. The molecule has 306 valence electrons. The minimum Gasteiger partial charge on any atom is -0.265 e. The zero-order valence-electron chi connectivity index (χ0n) is 36.5. The van der Waals surface area contributed by atoms with Crippen molar-refractivity contribution in [2.45, 2.75) is 51.4 Å². The Kier molecular flexibility index (Phi) is 8.64. The van der Waals surface area contributed by atoms with E-state index in [9.17, 15) is 0 Å². The van der Waals surface area contributed by atoms with Gasteiger partial charge in [-0.3, -0.25) is 9.97 Å². The van der Waals surface area contributed by atoms with Gasteiger partial charge in [0.2, 0.25) is 0 Å². The van der Waals surface area contributed by atoms with E-state index in [2.05, 4.69) is 171 Å². The first-order valence-electron chi connectivity index (χ1n) is 22.4. The number of aromatic nitrogens is 4. The summed E-state index contributed by atoms with van der Waals surface area (Å²) in [6.07, 6.45) is 14.2. The van der Waals surface area contributed by atoms with Gasteiger partial charge in [-0.05, 0) is 145 Å². The fraction of sp³-hybridized carbons (Fsp3) is 0.133. The Hall–Kier alpha value is -7.56. The van der Waals surface area contributed by atoms with E-state index in [-0.39, 0.29) is 10.8 Å². The molecule has 12 rings (SSSR count). The predicted octanol–water partition coefficient (Wildman–Crippen LogP) is 15.1. The minimum atomic E-state index is -0.133. The second-order valence-electron chi connectivity index (χ2n) is 18.6. The van der Waals surface area contributed by atoms with Gasteiger partial charge in [-0.15, -0.1) is 0 Å². The van der Waals surface area contributed by atoms with Crippen LogP contribution < -0.4 is 0 Å².